The topological polar surface area (TPSA) is 44.5 Å². The van der Waals surface area contributed by atoms with Crippen LogP contribution in [-0.2, 0) is 6.42 Å². The lowest BCUT2D eigenvalue weighted by Gasteiger charge is -2.15. The van der Waals surface area contributed by atoms with Crippen molar-refractivity contribution in [3.63, 3.8) is 0 Å². The zero-order valence-corrected chi connectivity index (χ0v) is 12.6. The first-order chi connectivity index (χ1) is 9.60. The first kappa shape index (κ1) is 14.8. The molecule has 0 radical (unpaired) electrons. The van der Waals surface area contributed by atoms with E-state index in [0.29, 0.717) is 17.1 Å². The predicted octanol–water partition coefficient (Wildman–Crippen LogP) is 3.51. The van der Waals surface area contributed by atoms with Crippen LogP contribution in [0.2, 0.25) is 0 Å². The number of thiophene rings is 1. The van der Waals surface area contributed by atoms with E-state index in [1.165, 1.54) is 25.2 Å². The molecule has 2 aromatic rings. The van der Waals surface area contributed by atoms with Crippen LogP contribution in [0.4, 0.5) is 4.39 Å². The summed E-state index contributed by atoms with van der Waals surface area (Å²) in [7, 11) is 3.00. The molecule has 0 spiro atoms. The number of methoxy groups -OCH3 is 2. The van der Waals surface area contributed by atoms with E-state index < -0.39 is 6.04 Å². The molecule has 0 fully saturated rings. The van der Waals surface area contributed by atoms with E-state index in [2.05, 4.69) is 6.92 Å². The molecule has 2 N–H and O–H groups in total. The third-order valence-corrected chi connectivity index (χ3v) is 4.49. The fraction of sp³-hybridized carbons (Fsp3) is 0.333. The second-order valence-electron chi connectivity index (χ2n) is 4.36. The normalized spacial score (nSPS) is 12.2. The molecule has 0 saturated carbocycles. The first-order valence-electron chi connectivity index (χ1n) is 6.36. The molecule has 5 heteroatoms. The van der Waals surface area contributed by atoms with Gasteiger partial charge in [0, 0.05) is 21.4 Å². The summed E-state index contributed by atoms with van der Waals surface area (Å²) in [6, 6.07) is 6.38. The molecule has 0 amide bonds. The number of rotatable bonds is 5. The Morgan fingerprint density at radius 1 is 1.20 bits per heavy atom. The lowest BCUT2D eigenvalue weighted by molar-refractivity contribution is 0.351. The van der Waals surface area contributed by atoms with Gasteiger partial charge in [0.05, 0.1) is 20.3 Å². The van der Waals surface area contributed by atoms with E-state index >= 15 is 0 Å². The zero-order chi connectivity index (χ0) is 14.7. The minimum absolute atomic E-state index is 0.362. The summed E-state index contributed by atoms with van der Waals surface area (Å²) in [6.07, 6.45) is 0.950. The van der Waals surface area contributed by atoms with Crippen molar-refractivity contribution in [2.75, 3.05) is 14.2 Å². The van der Waals surface area contributed by atoms with Gasteiger partial charge in [-0.15, -0.1) is 11.3 Å². The minimum atomic E-state index is -0.500. The second kappa shape index (κ2) is 6.24. The van der Waals surface area contributed by atoms with Crippen LogP contribution >= 0.6 is 11.3 Å². The first-order valence-corrected chi connectivity index (χ1v) is 7.18. The second-order valence-corrected chi connectivity index (χ2v) is 5.56. The molecule has 3 nitrogen and oxygen atoms in total. The van der Waals surface area contributed by atoms with E-state index in [9.17, 15) is 4.39 Å². The van der Waals surface area contributed by atoms with Crippen molar-refractivity contribution in [1.29, 1.82) is 0 Å². The molecule has 1 aromatic heterocycles. The van der Waals surface area contributed by atoms with Crippen LogP contribution in [0.3, 0.4) is 0 Å². The van der Waals surface area contributed by atoms with Crippen LogP contribution in [0.1, 0.15) is 28.3 Å². The summed E-state index contributed by atoms with van der Waals surface area (Å²) in [5.74, 6) is 0.453. The average Bonchev–Trinajstić information content (AvgIpc) is 2.95. The fourth-order valence-electron chi connectivity index (χ4n) is 2.01. The van der Waals surface area contributed by atoms with Crippen molar-refractivity contribution < 1.29 is 13.9 Å². The molecular formula is C15H18FNO2S. The van der Waals surface area contributed by atoms with Crippen molar-refractivity contribution >= 4 is 11.3 Å². The maximum absolute atomic E-state index is 14.2. The van der Waals surface area contributed by atoms with Crippen LogP contribution in [0.15, 0.2) is 24.3 Å². The Balaban J connectivity index is 2.40. The molecule has 0 saturated heterocycles. The van der Waals surface area contributed by atoms with Gasteiger partial charge >= 0.3 is 0 Å². The highest BCUT2D eigenvalue weighted by atomic mass is 32.1. The molecule has 20 heavy (non-hydrogen) atoms. The number of hydrogen-bond donors (Lipinski definition) is 1. The summed E-state index contributed by atoms with van der Waals surface area (Å²) in [5.41, 5.74) is 6.58. The number of ether oxygens (including phenoxy) is 2. The van der Waals surface area contributed by atoms with Crippen LogP contribution in [0.25, 0.3) is 0 Å². The summed E-state index contributed by atoms with van der Waals surface area (Å²) >= 11 is 1.60. The highest BCUT2D eigenvalue weighted by Gasteiger charge is 2.19. The van der Waals surface area contributed by atoms with Gasteiger partial charge in [-0.3, -0.25) is 0 Å². The number of hydrogen-bond acceptors (Lipinski definition) is 4. The van der Waals surface area contributed by atoms with Gasteiger partial charge in [0.2, 0.25) is 0 Å². The van der Waals surface area contributed by atoms with E-state index in [-0.39, 0.29) is 5.82 Å². The lowest BCUT2D eigenvalue weighted by atomic mass is 10.0. The van der Waals surface area contributed by atoms with Crippen LogP contribution in [-0.4, -0.2) is 14.2 Å². The zero-order valence-electron chi connectivity index (χ0n) is 11.8. The van der Waals surface area contributed by atoms with Gasteiger partial charge in [-0.1, -0.05) is 6.92 Å². The van der Waals surface area contributed by atoms with Gasteiger partial charge in [-0.2, -0.15) is 0 Å². The maximum atomic E-state index is 14.2. The van der Waals surface area contributed by atoms with E-state index in [1.807, 2.05) is 12.1 Å². The minimum Gasteiger partial charge on any atom is -0.493 e. The molecular weight excluding hydrogens is 277 g/mol. The predicted molar refractivity (Wildman–Crippen MR) is 79.2 cm³/mol. The van der Waals surface area contributed by atoms with Crippen LogP contribution in [0, 0.1) is 5.82 Å². The number of halogens is 1. The Hall–Kier alpha value is -1.59. The quantitative estimate of drug-likeness (QED) is 0.918. The average molecular weight is 295 g/mol. The molecule has 1 heterocycles. The maximum Gasteiger partial charge on any atom is 0.163 e. The summed E-state index contributed by atoms with van der Waals surface area (Å²) in [6.45, 7) is 2.08. The SMILES string of the molecule is CCc1ccc(C(N)c2cc(OC)c(OC)cc2F)s1. The molecule has 1 aromatic carbocycles. The molecule has 0 aliphatic rings. The summed E-state index contributed by atoms with van der Waals surface area (Å²) in [4.78, 5) is 2.17. The number of benzene rings is 1. The van der Waals surface area contributed by atoms with Gasteiger partial charge < -0.3 is 15.2 Å². The van der Waals surface area contributed by atoms with Crippen molar-refractivity contribution in [2.24, 2.45) is 5.73 Å². The van der Waals surface area contributed by atoms with Crippen molar-refractivity contribution in [2.45, 2.75) is 19.4 Å². The van der Waals surface area contributed by atoms with Crippen molar-refractivity contribution in [3.8, 4) is 11.5 Å². The Labute approximate surface area is 122 Å². The van der Waals surface area contributed by atoms with Gasteiger partial charge in [0.1, 0.15) is 5.82 Å². The Morgan fingerprint density at radius 2 is 1.85 bits per heavy atom. The fourth-order valence-corrected chi connectivity index (χ4v) is 2.99. The molecule has 2 rings (SSSR count). The third-order valence-electron chi connectivity index (χ3n) is 3.18. The molecule has 1 atom stereocenters. The van der Waals surface area contributed by atoms with Gasteiger partial charge in [0.15, 0.2) is 11.5 Å². The van der Waals surface area contributed by atoms with E-state index in [0.717, 1.165) is 11.3 Å². The molecule has 0 bridgehead atoms. The van der Waals surface area contributed by atoms with E-state index in [4.69, 9.17) is 15.2 Å². The van der Waals surface area contributed by atoms with Gasteiger partial charge in [-0.05, 0) is 24.6 Å². The highest BCUT2D eigenvalue weighted by molar-refractivity contribution is 7.12. The third kappa shape index (κ3) is 2.78. The van der Waals surface area contributed by atoms with Gasteiger partial charge in [0.25, 0.3) is 0 Å². The van der Waals surface area contributed by atoms with E-state index in [1.54, 1.807) is 17.4 Å². The van der Waals surface area contributed by atoms with Crippen molar-refractivity contribution in [1.82, 2.24) is 0 Å². The highest BCUT2D eigenvalue weighted by Crippen LogP contribution is 2.35. The number of aryl methyl sites for hydroxylation is 1. The standard InChI is InChI=1S/C15H18FNO2S/c1-4-9-5-6-14(20-9)15(17)10-7-12(18-2)13(19-3)8-11(10)16/h5-8,15H,4,17H2,1-3H3. The number of nitrogens with two attached hydrogens (primary N) is 1. The molecule has 0 aliphatic carbocycles. The molecule has 0 aliphatic heterocycles. The van der Waals surface area contributed by atoms with Crippen LogP contribution in [0.5, 0.6) is 11.5 Å². The Morgan fingerprint density at radius 3 is 2.40 bits per heavy atom. The Bertz CT molecular complexity index is 598. The van der Waals surface area contributed by atoms with Gasteiger partial charge in [-0.25, -0.2) is 4.39 Å². The largest absolute Gasteiger partial charge is 0.493 e. The van der Waals surface area contributed by atoms with Crippen molar-refractivity contribution in [3.05, 3.63) is 45.4 Å². The summed E-state index contributed by atoms with van der Waals surface area (Å²) < 4.78 is 24.4. The lowest BCUT2D eigenvalue weighted by Crippen LogP contribution is -2.12. The smallest absolute Gasteiger partial charge is 0.163 e. The molecule has 1 unspecified atom stereocenters. The Kier molecular flexibility index (Phi) is 4.62. The molecule has 108 valence electrons. The summed E-state index contributed by atoms with van der Waals surface area (Å²) in [5, 5.41) is 0. The monoisotopic (exact) mass is 295 g/mol. The van der Waals surface area contributed by atoms with Crippen LogP contribution < -0.4 is 15.2 Å².